The monoisotopic (exact) mass is 195 g/mol. The number of nitrogens with zero attached hydrogens (tertiary/aromatic N) is 3. The molecule has 0 unspecified atom stereocenters. The lowest BCUT2D eigenvalue weighted by Crippen LogP contribution is -1.98. The molecule has 0 saturated heterocycles. The fourth-order valence-corrected chi connectivity index (χ4v) is 1.27. The molecule has 13 heavy (non-hydrogen) atoms. The summed E-state index contributed by atoms with van der Waals surface area (Å²) in [6.45, 7) is 0. The summed E-state index contributed by atoms with van der Waals surface area (Å²) >= 11 is 5.81. The lowest BCUT2D eigenvalue weighted by Gasteiger charge is -2.01. The van der Waals surface area contributed by atoms with Crippen molar-refractivity contribution in [1.82, 2.24) is 15.0 Å². The van der Waals surface area contributed by atoms with Crippen molar-refractivity contribution in [1.29, 1.82) is 0 Å². The minimum Gasteiger partial charge on any atom is -0.396 e. The van der Waals surface area contributed by atoms with Crippen LogP contribution in [-0.4, -0.2) is 15.0 Å². The number of fused-ring (bicyclic) bond motifs is 1. The van der Waals surface area contributed by atoms with Gasteiger partial charge in [0.15, 0.2) is 0 Å². The summed E-state index contributed by atoms with van der Waals surface area (Å²) in [5.41, 5.74) is 12.0. The minimum absolute atomic E-state index is 0.107. The quantitative estimate of drug-likeness (QED) is 0.608. The van der Waals surface area contributed by atoms with Crippen molar-refractivity contribution in [2.45, 2.75) is 0 Å². The number of anilines is 2. The lowest BCUT2D eigenvalue weighted by molar-refractivity contribution is 1.22. The molecule has 0 radical (unpaired) electrons. The van der Waals surface area contributed by atoms with E-state index in [1.165, 1.54) is 6.20 Å². The maximum absolute atomic E-state index is 5.81. The zero-order chi connectivity index (χ0) is 9.42. The normalized spacial score (nSPS) is 10.5. The van der Waals surface area contributed by atoms with Gasteiger partial charge in [-0.25, -0.2) is 9.97 Å². The Hall–Kier alpha value is -1.62. The lowest BCUT2D eigenvalue weighted by atomic mass is 10.3. The Morgan fingerprint density at radius 3 is 2.69 bits per heavy atom. The Labute approximate surface area is 78.8 Å². The molecule has 0 saturated carbocycles. The van der Waals surface area contributed by atoms with Gasteiger partial charge in [0.1, 0.15) is 10.7 Å². The Balaban J connectivity index is 2.94. The van der Waals surface area contributed by atoms with Crippen molar-refractivity contribution in [2.24, 2.45) is 0 Å². The molecular formula is C7H6ClN5. The summed E-state index contributed by atoms with van der Waals surface area (Å²) in [6.07, 6.45) is 3.04. The topological polar surface area (TPSA) is 90.7 Å². The van der Waals surface area contributed by atoms with Gasteiger partial charge in [-0.05, 0) is 0 Å². The van der Waals surface area contributed by atoms with E-state index in [4.69, 9.17) is 23.1 Å². The molecule has 2 aromatic rings. The summed E-state index contributed by atoms with van der Waals surface area (Å²) in [4.78, 5) is 11.6. The van der Waals surface area contributed by atoms with Gasteiger partial charge in [0.25, 0.3) is 0 Å². The van der Waals surface area contributed by atoms with Crippen LogP contribution in [0.15, 0.2) is 12.4 Å². The van der Waals surface area contributed by atoms with Crippen molar-refractivity contribution in [3.05, 3.63) is 17.5 Å². The number of nitrogens with two attached hydrogens (primary N) is 2. The molecule has 0 spiro atoms. The first kappa shape index (κ1) is 8.00. The van der Waals surface area contributed by atoms with Gasteiger partial charge in [-0.2, -0.15) is 0 Å². The second-order valence-corrected chi connectivity index (χ2v) is 2.86. The van der Waals surface area contributed by atoms with Crippen LogP contribution in [0, 0.1) is 0 Å². The van der Waals surface area contributed by atoms with Crippen molar-refractivity contribution >= 4 is 34.1 Å². The Morgan fingerprint density at radius 1 is 1.15 bits per heavy atom. The molecule has 0 aliphatic rings. The van der Waals surface area contributed by atoms with Gasteiger partial charge in [-0.15, -0.1) is 0 Å². The average Bonchev–Trinajstić information content (AvgIpc) is 2.07. The number of halogens is 1. The molecule has 0 aromatic carbocycles. The van der Waals surface area contributed by atoms with Crippen LogP contribution in [0.4, 0.5) is 11.6 Å². The molecule has 6 heteroatoms. The predicted molar refractivity (Wildman–Crippen MR) is 51.2 cm³/mol. The number of hydrogen-bond acceptors (Lipinski definition) is 5. The summed E-state index contributed by atoms with van der Waals surface area (Å²) in [7, 11) is 0. The van der Waals surface area contributed by atoms with E-state index in [-0.39, 0.29) is 11.1 Å². The molecule has 0 aliphatic heterocycles. The molecule has 0 atom stereocenters. The minimum atomic E-state index is 0.107. The van der Waals surface area contributed by atoms with Crippen molar-refractivity contribution in [2.75, 3.05) is 11.5 Å². The second-order valence-electron chi connectivity index (χ2n) is 2.50. The van der Waals surface area contributed by atoms with Crippen LogP contribution in [0.1, 0.15) is 0 Å². The van der Waals surface area contributed by atoms with E-state index >= 15 is 0 Å². The second kappa shape index (κ2) is 2.70. The number of pyridine rings is 1. The van der Waals surface area contributed by atoms with Gasteiger partial charge < -0.3 is 11.5 Å². The van der Waals surface area contributed by atoms with E-state index < -0.39 is 0 Å². The summed E-state index contributed by atoms with van der Waals surface area (Å²) in [5.74, 6) is 0.107. The number of nitrogen functional groups attached to an aromatic ring is 2. The van der Waals surface area contributed by atoms with Gasteiger partial charge >= 0.3 is 0 Å². The van der Waals surface area contributed by atoms with Crippen LogP contribution in [0.25, 0.3) is 10.9 Å². The van der Waals surface area contributed by atoms with Gasteiger partial charge in [0, 0.05) is 6.20 Å². The summed E-state index contributed by atoms with van der Waals surface area (Å²) in [5, 5.41) is 0.873. The van der Waals surface area contributed by atoms with E-state index in [9.17, 15) is 0 Å². The highest BCUT2D eigenvalue weighted by atomic mass is 35.5. The van der Waals surface area contributed by atoms with Crippen LogP contribution >= 0.6 is 11.6 Å². The Morgan fingerprint density at radius 2 is 1.92 bits per heavy atom. The van der Waals surface area contributed by atoms with Gasteiger partial charge in [0.05, 0.1) is 17.3 Å². The highest BCUT2D eigenvalue weighted by Gasteiger charge is 2.06. The summed E-state index contributed by atoms with van der Waals surface area (Å²) < 4.78 is 0. The van der Waals surface area contributed by atoms with E-state index in [2.05, 4.69) is 15.0 Å². The number of aromatic nitrogens is 3. The SMILES string of the molecule is Nc1nc(Cl)c2cncc(N)c2n1. The molecular weight excluding hydrogens is 190 g/mol. The van der Waals surface area contributed by atoms with Crippen LogP contribution in [0.3, 0.4) is 0 Å². The largest absolute Gasteiger partial charge is 0.396 e. The van der Waals surface area contributed by atoms with Crippen LogP contribution in [0.5, 0.6) is 0 Å². The first-order chi connectivity index (χ1) is 6.18. The zero-order valence-electron chi connectivity index (χ0n) is 6.53. The van der Waals surface area contributed by atoms with Crippen molar-refractivity contribution < 1.29 is 0 Å². The highest BCUT2D eigenvalue weighted by Crippen LogP contribution is 2.23. The van der Waals surface area contributed by atoms with Crippen molar-refractivity contribution in [3.8, 4) is 0 Å². The highest BCUT2D eigenvalue weighted by molar-refractivity contribution is 6.34. The predicted octanol–water partition coefficient (Wildman–Crippen LogP) is 0.843. The third-order valence-corrected chi connectivity index (χ3v) is 1.90. The van der Waals surface area contributed by atoms with E-state index in [0.717, 1.165) is 0 Å². The Bertz CT molecular complexity index is 470. The standard InChI is InChI=1S/C7H6ClN5/c8-6-3-1-11-2-4(9)5(3)12-7(10)13-6/h1-2H,9H2,(H2,10,12,13). The average molecular weight is 196 g/mol. The molecule has 0 amide bonds. The molecule has 5 nitrogen and oxygen atoms in total. The molecule has 2 heterocycles. The first-order valence-corrected chi connectivity index (χ1v) is 3.88. The fourth-order valence-electron chi connectivity index (χ4n) is 1.05. The molecule has 0 aliphatic carbocycles. The maximum Gasteiger partial charge on any atom is 0.222 e. The van der Waals surface area contributed by atoms with E-state index in [1.54, 1.807) is 6.20 Å². The maximum atomic E-state index is 5.81. The molecule has 4 N–H and O–H groups in total. The molecule has 0 bridgehead atoms. The van der Waals surface area contributed by atoms with Crippen molar-refractivity contribution in [3.63, 3.8) is 0 Å². The number of rotatable bonds is 0. The first-order valence-electron chi connectivity index (χ1n) is 3.50. The summed E-state index contributed by atoms with van der Waals surface area (Å²) in [6, 6.07) is 0. The van der Waals surface area contributed by atoms with Crippen LogP contribution in [-0.2, 0) is 0 Å². The third kappa shape index (κ3) is 1.23. The molecule has 2 rings (SSSR count). The third-order valence-electron chi connectivity index (χ3n) is 1.61. The van der Waals surface area contributed by atoms with Gasteiger partial charge in [-0.1, -0.05) is 11.6 Å². The van der Waals surface area contributed by atoms with E-state index in [1.807, 2.05) is 0 Å². The fraction of sp³-hybridized carbons (Fsp3) is 0. The molecule has 0 fully saturated rings. The molecule has 66 valence electrons. The molecule has 2 aromatic heterocycles. The number of hydrogen-bond donors (Lipinski definition) is 2. The smallest absolute Gasteiger partial charge is 0.222 e. The van der Waals surface area contributed by atoms with Gasteiger partial charge in [-0.3, -0.25) is 4.98 Å². The van der Waals surface area contributed by atoms with Crippen LogP contribution in [0.2, 0.25) is 5.15 Å². The van der Waals surface area contributed by atoms with Gasteiger partial charge in [0.2, 0.25) is 5.95 Å². The van der Waals surface area contributed by atoms with E-state index in [0.29, 0.717) is 16.6 Å². The zero-order valence-corrected chi connectivity index (χ0v) is 7.28. The van der Waals surface area contributed by atoms with Crippen LogP contribution < -0.4 is 11.5 Å². The Kier molecular flexibility index (Phi) is 1.66.